The van der Waals surface area contributed by atoms with Gasteiger partial charge in [0.25, 0.3) is 0 Å². The van der Waals surface area contributed by atoms with E-state index >= 15 is 0 Å². The highest BCUT2D eigenvalue weighted by molar-refractivity contribution is 6.42. The lowest BCUT2D eigenvalue weighted by molar-refractivity contribution is 0.462. The molecule has 0 aliphatic carbocycles. The van der Waals surface area contributed by atoms with Crippen LogP contribution in [0.4, 0.5) is 0 Å². The highest BCUT2D eigenvalue weighted by atomic mass is 35.5. The molecule has 5 heteroatoms. The smallest absolute Gasteiger partial charge is 0.219 e. The largest absolute Gasteiger partial charge is 0.437 e. The third-order valence-corrected chi connectivity index (χ3v) is 3.31. The number of pyridine rings is 1. The van der Waals surface area contributed by atoms with Crippen LogP contribution in [0.25, 0.3) is 0 Å². The van der Waals surface area contributed by atoms with Crippen LogP contribution < -0.4 is 10.1 Å². The molecule has 0 bridgehead atoms. The average Bonchev–Trinajstić information content (AvgIpc) is 2.43. The van der Waals surface area contributed by atoms with Crippen molar-refractivity contribution in [3.05, 3.63) is 52.1 Å². The minimum absolute atomic E-state index is 0.391. The molecular weight excluding hydrogens is 283 g/mol. The van der Waals surface area contributed by atoms with Gasteiger partial charge in [0.2, 0.25) is 5.88 Å². The zero-order valence-electron chi connectivity index (χ0n) is 10.5. The Labute approximate surface area is 122 Å². The average molecular weight is 297 g/mol. The maximum atomic E-state index is 6.05. The summed E-state index contributed by atoms with van der Waals surface area (Å²) in [5, 5.41) is 4.08. The van der Waals surface area contributed by atoms with Crippen LogP contribution in [0.1, 0.15) is 12.5 Å². The zero-order valence-corrected chi connectivity index (χ0v) is 12.0. The number of ether oxygens (including phenoxy) is 1. The van der Waals surface area contributed by atoms with Gasteiger partial charge in [0, 0.05) is 18.8 Å². The molecule has 0 unspecified atom stereocenters. The molecule has 1 aromatic carbocycles. The van der Waals surface area contributed by atoms with Gasteiger partial charge in [-0.25, -0.2) is 4.98 Å². The van der Waals surface area contributed by atoms with Crippen molar-refractivity contribution in [3.63, 3.8) is 0 Å². The van der Waals surface area contributed by atoms with Gasteiger partial charge in [-0.05, 0) is 24.2 Å². The van der Waals surface area contributed by atoms with E-state index in [9.17, 15) is 0 Å². The Balaban J connectivity index is 2.09. The second-order valence-corrected chi connectivity index (χ2v) is 4.72. The van der Waals surface area contributed by atoms with Crippen molar-refractivity contribution in [2.24, 2.45) is 0 Å². The van der Waals surface area contributed by atoms with E-state index in [-0.39, 0.29) is 0 Å². The van der Waals surface area contributed by atoms with Gasteiger partial charge in [0.05, 0.1) is 5.02 Å². The van der Waals surface area contributed by atoms with Gasteiger partial charge in [0.15, 0.2) is 0 Å². The molecule has 1 heterocycles. The summed E-state index contributed by atoms with van der Waals surface area (Å²) in [6.07, 6.45) is 1.77. The Morgan fingerprint density at radius 3 is 2.74 bits per heavy atom. The number of hydrogen-bond acceptors (Lipinski definition) is 3. The Hall–Kier alpha value is -1.29. The molecule has 3 nitrogen and oxygen atoms in total. The SMILES string of the molecule is CCNCc1ccc(Oc2cccc(Cl)c2Cl)nc1. The molecule has 0 aliphatic heterocycles. The van der Waals surface area contributed by atoms with Gasteiger partial charge in [0.1, 0.15) is 10.8 Å². The van der Waals surface area contributed by atoms with Crippen LogP contribution in [-0.2, 0) is 6.54 Å². The van der Waals surface area contributed by atoms with E-state index < -0.39 is 0 Å². The summed E-state index contributed by atoms with van der Waals surface area (Å²) < 4.78 is 5.60. The molecule has 0 atom stereocenters. The van der Waals surface area contributed by atoms with Crippen LogP contribution in [0.2, 0.25) is 10.0 Å². The molecule has 0 radical (unpaired) electrons. The summed E-state index contributed by atoms with van der Waals surface area (Å²) in [5.41, 5.74) is 1.10. The third kappa shape index (κ3) is 3.83. The van der Waals surface area contributed by atoms with Crippen LogP contribution in [0.5, 0.6) is 11.6 Å². The van der Waals surface area contributed by atoms with Gasteiger partial charge in [-0.1, -0.05) is 42.3 Å². The lowest BCUT2D eigenvalue weighted by Gasteiger charge is -2.08. The van der Waals surface area contributed by atoms with Crippen molar-refractivity contribution >= 4 is 23.2 Å². The maximum absolute atomic E-state index is 6.05. The number of aromatic nitrogens is 1. The highest BCUT2D eigenvalue weighted by Crippen LogP contribution is 2.33. The first-order chi connectivity index (χ1) is 9.20. The number of rotatable bonds is 5. The normalized spacial score (nSPS) is 10.5. The Bertz CT molecular complexity index is 544. The number of hydrogen-bond donors (Lipinski definition) is 1. The number of halogens is 2. The van der Waals surface area contributed by atoms with Crippen molar-refractivity contribution in [3.8, 4) is 11.6 Å². The van der Waals surface area contributed by atoms with Crippen LogP contribution in [0.3, 0.4) is 0 Å². The van der Waals surface area contributed by atoms with E-state index in [1.54, 1.807) is 24.4 Å². The predicted octanol–water partition coefficient (Wildman–Crippen LogP) is 4.29. The first kappa shape index (κ1) is 14.1. The quantitative estimate of drug-likeness (QED) is 0.894. The number of benzene rings is 1. The van der Waals surface area contributed by atoms with E-state index in [0.29, 0.717) is 21.7 Å². The maximum Gasteiger partial charge on any atom is 0.219 e. The number of nitrogens with one attached hydrogen (secondary N) is 1. The van der Waals surface area contributed by atoms with Gasteiger partial charge in [-0.2, -0.15) is 0 Å². The van der Waals surface area contributed by atoms with Crippen molar-refractivity contribution in [1.29, 1.82) is 0 Å². The predicted molar refractivity (Wildman–Crippen MR) is 78.2 cm³/mol. The molecule has 0 fully saturated rings. The fourth-order valence-electron chi connectivity index (χ4n) is 1.52. The molecule has 1 aromatic heterocycles. The van der Waals surface area contributed by atoms with Gasteiger partial charge in [-0.3, -0.25) is 0 Å². The minimum atomic E-state index is 0.391. The summed E-state index contributed by atoms with van der Waals surface area (Å²) in [4.78, 5) is 4.23. The Morgan fingerprint density at radius 2 is 2.05 bits per heavy atom. The summed E-state index contributed by atoms with van der Waals surface area (Å²) in [6, 6.07) is 9.02. The monoisotopic (exact) mass is 296 g/mol. The Morgan fingerprint density at radius 1 is 1.21 bits per heavy atom. The van der Waals surface area contributed by atoms with Gasteiger partial charge < -0.3 is 10.1 Å². The Kier molecular flexibility index (Phi) is 5.02. The first-order valence-corrected chi connectivity index (χ1v) is 6.74. The zero-order chi connectivity index (χ0) is 13.7. The molecule has 1 N–H and O–H groups in total. The molecule has 0 aliphatic rings. The van der Waals surface area contributed by atoms with E-state index in [0.717, 1.165) is 18.7 Å². The second kappa shape index (κ2) is 6.75. The summed E-state index contributed by atoms with van der Waals surface area (Å²) in [7, 11) is 0. The van der Waals surface area contributed by atoms with E-state index in [1.807, 2.05) is 12.1 Å². The van der Waals surface area contributed by atoms with E-state index in [1.165, 1.54) is 0 Å². The lowest BCUT2D eigenvalue weighted by atomic mass is 10.3. The van der Waals surface area contributed by atoms with Crippen LogP contribution in [0, 0.1) is 0 Å². The molecule has 2 aromatic rings. The third-order valence-electron chi connectivity index (χ3n) is 2.51. The fraction of sp³-hybridized carbons (Fsp3) is 0.214. The van der Waals surface area contributed by atoms with Crippen molar-refractivity contribution in [1.82, 2.24) is 10.3 Å². The molecule has 19 heavy (non-hydrogen) atoms. The number of nitrogens with zero attached hydrogens (tertiary/aromatic N) is 1. The molecule has 2 rings (SSSR count). The molecule has 0 spiro atoms. The standard InChI is InChI=1S/C14H14Cl2N2O/c1-2-17-8-10-6-7-13(18-9-10)19-12-5-3-4-11(15)14(12)16/h3-7,9,17H,2,8H2,1H3. The fourth-order valence-corrected chi connectivity index (χ4v) is 1.85. The molecule has 0 saturated heterocycles. The second-order valence-electron chi connectivity index (χ2n) is 3.94. The lowest BCUT2D eigenvalue weighted by Crippen LogP contribution is -2.11. The summed E-state index contributed by atoms with van der Waals surface area (Å²) >= 11 is 12.0. The van der Waals surface area contributed by atoms with Crippen LogP contribution in [0.15, 0.2) is 36.5 Å². The first-order valence-electron chi connectivity index (χ1n) is 5.98. The topological polar surface area (TPSA) is 34.1 Å². The summed E-state index contributed by atoms with van der Waals surface area (Å²) in [6.45, 7) is 3.78. The molecule has 0 amide bonds. The van der Waals surface area contributed by atoms with Crippen LogP contribution in [-0.4, -0.2) is 11.5 Å². The van der Waals surface area contributed by atoms with Crippen LogP contribution >= 0.6 is 23.2 Å². The summed E-state index contributed by atoms with van der Waals surface area (Å²) in [5.74, 6) is 0.991. The molecular formula is C14H14Cl2N2O. The molecule has 100 valence electrons. The van der Waals surface area contributed by atoms with E-state index in [4.69, 9.17) is 27.9 Å². The minimum Gasteiger partial charge on any atom is -0.437 e. The molecule has 0 saturated carbocycles. The van der Waals surface area contributed by atoms with Crippen molar-refractivity contribution in [2.45, 2.75) is 13.5 Å². The van der Waals surface area contributed by atoms with E-state index in [2.05, 4.69) is 17.2 Å². The van der Waals surface area contributed by atoms with Crippen molar-refractivity contribution < 1.29 is 4.74 Å². The van der Waals surface area contributed by atoms with Gasteiger partial charge in [-0.15, -0.1) is 0 Å². The highest BCUT2D eigenvalue weighted by Gasteiger charge is 2.07. The van der Waals surface area contributed by atoms with Crippen molar-refractivity contribution in [2.75, 3.05) is 6.54 Å². The van der Waals surface area contributed by atoms with Gasteiger partial charge >= 0.3 is 0 Å².